The minimum Gasteiger partial charge on any atom is -0.507 e. The third kappa shape index (κ3) is 8.15. The Kier molecular flexibility index (Phi) is 11.9. The van der Waals surface area contributed by atoms with Crippen LogP contribution in [0, 0.1) is 0 Å². The first-order chi connectivity index (χ1) is 24.5. The van der Waals surface area contributed by atoms with E-state index < -0.39 is 23.4 Å². The summed E-state index contributed by atoms with van der Waals surface area (Å²) < 4.78 is 0. The number of aromatic carboxylic acids is 2. The van der Waals surface area contributed by atoms with Crippen LogP contribution in [0.1, 0.15) is 57.7 Å². The lowest BCUT2D eigenvalue weighted by atomic mass is 9.90. The van der Waals surface area contributed by atoms with Gasteiger partial charge in [0.1, 0.15) is 33.9 Å². The molecule has 0 saturated carbocycles. The largest absolute Gasteiger partial charge is 0.507 e. The van der Waals surface area contributed by atoms with Gasteiger partial charge in [0, 0.05) is 41.2 Å². The van der Waals surface area contributed by atoms with E-state index in [9.17, 15) is 35.1 Å². The molecule has 0 amide bonds. The first kappa shape index (κ1) is 36.9. The standard InChI is InChI=1S/C23H16O6.C17H24ClN3O/c24-20-16(14-7-3-1-5-12(14)9-18(20)22(26)27)11-17-15-8-4-2-6-13(15)10-19(21(17)25)23(28)29;1-3-21(4-2)10-6-8-19-12-13-11-15(18)14-7-5-9-20-16(14)17(13)22/h1-10,24-25H,11H2,(H,26,27)(H,28,29);5,7,9,11,19,22H,3-4,6,8,10,12H2,1-2H3. The fourth-order valence-electron chi connectivity index (χ4n) is 6.25. The SMILES string of the molecule is CCN(CC)CCCNCc1cc(Cl)c2cccnc2c1O.O=C(O)c1cc2ccccc2c(Cc2c(O)c(C(=O)O)cc3ccccc23)c1O. The van der Waals surface area contributed by atoms with Crippen LogP contribution >= 0.6 is 11.6 Å². The number of nitrogens with zero attached hydrogens (tertiary/aromatic N) is 2. The second-order valence-corrected chi connectivity index (χ2v) is 12.5. The molecule has 1 heterocycles. The number of hydrogen-bond acceptors (Lipinski definition) is 8. The van der Waals surface area contributed by atoms with Crippen molar-refractivity contribution >= 4 is 56.0 Å². The van der Waals surface area contributed by atoms with Gasteiger partial charge in [0.15, 0.2) is 0 Å². The first-order valence-electron chi connectivity index (χ1n) is 16.7. The number of fused-ring (bicyclic) bond motifs is 3. The Hall–Kier alpha value is -5.42. The highest BCUT2D eigenvalue weighted by Gasteiger charge is 2.22. The van der Waals surface area contributed by atoms with Gasteiger partial charge in [-0.1, -0.05) is 74.0 Å². The number of carboxylic acids is 2. The lowest BCUT2D eigenvalue weighted by Crippen LogP contribution is -2.27. The highest BCUT2D eigenvalue weighted by atomic mass is 35.5. The number of rotatable bonds is 12. The Balaban J connectivity index is 0.000000206. The zero-order valence-corrected chi connectivity index (χ0v) is 29.1. The van der Waals surface area contributed by atoms with Crippen LogP contribution < -0.4 is 5.32 Å². The van der Waals surface area contributed by atoms with Gasteiger partial charge in [-0.15, -0.1) is 0 Å². The molecule has 10 nitrogen and oxygen atoms in total. The van der Waals surface area contributed by atoms with Gasteiger partial charge in [-0.3, -0.25) is 4.98 Å². The van der Waals surface area contributed by atoms with Gasteiger partial charge < -0.3 is 35.7 Å². The summed E-state index contributed by atoms with van der Waals surface area (Å²) in [5.41, 5.74) is 1.47. The molecule has 6 aromatic rings. The molecule has 1 aromatic heterocycles. The lowest BCUT2D eigenvalue weighted by molar-refractivity contribution is 0.0682. The van der Waals surface area contributed by atoms with Gasteiger partial charge in [0.05, 0.1) is 5.02 Å². The maximum atomic E-state index is 11.6. The second-order valence-electron chi connectivity index (χ2n) is 12.1. The number of halogens is 1. The van der Waals surface area contributed by atoms with Crippen molar-refractivity contribution < 1.29 is 35.1 Å². The van der Waals surface area contributed by atoms with E-state index >= 15 is 0 Å². The lowest BCUT2D eigenvalue weighted by Gasteiger charge is -2.17. The fraction of sp³-hybridized carbons (Fsp3) is 0.225. The normalized spacial score (nSPS) is 11.2. The molecule has 0 aliphatic heterocycles. The Bertz CT molecular complexity index is 2120. The van der Waals surface area contributed by atoms with Crippen LogP contribution in [-0.4, -0.2) is 73.5 Å². The zero-order valence-electron chi connectivity index (χ0n) is 28.4. The van der Waals surface area contributed by atoms with E-state index in [1.54, 1.807) is 54.7 Å². The van der Waals surface area contributed by atoms with Crippen LogP contribution in [0.3, 0.4) is 0 Å². The second kappa shape index (κ2) is 16.5. The predicted octanol–water partition coefficient (Wildman–Crippen LogP) is 7.81. The van der Waals surface area contributed by atoms with Gasteiger partial charge in [-0.2, -0.15) is 0 Å². The molecule has 0 spiro atoms. The first-order valence-corrected chi connectivity index (χ1v) is 17.0. The van der Waals surface area contributed by atoms with Crippen molar-refractivity contribution in [1.29, 1.82) is 0 Å². The molecule has 6 N–H and O–H groups in total. The highest BCUT2D eigenvalue weighted by Crippen LogP contribution is 2.39. The molecule has 11 heteroatoms. The van der Waals surface area contributed by atoms with Crippen LogP contribution in [0.4, 0.5) is 0 Å². The van der Waals surface area contributed by atoms with Crippen molar-refractivity contribution in [1.82, 2.24) is 15.2 Å². The molecule has 0 aliphatic rings. The molecule has 51 heavy (non-hydrogen) atoms. The van der Waals surface area contributed by atoms with Crippen LogP contribution in [0.25, 0.3) is 32.4 Å². The van der Waals surface area contributed by atoms with Crippen LogP contribution in [0.2, 0.25) is 5.02 Å². The molecule has 0 bridgehead atoms. The highest BCUT2D eigenvalue weighted by molar-refractivity contribution is 6.35. The van der Waals surface area contributed by atoms with E-state index in [1.165, 1.54) is 12.1 Å². The maximum absolute atomic E-state index is 11.6. The summed E-state index contributed by atoms with van der Waals surface area (Å²) in [5, 5.41) is 57.9. The summed E-state index contributed by atoms with van der Waals surface area (Å²) in [6.07, 6.45) is 2.71. The average molecular weight is 710 g/mol. The summed E-state index contributed by atoms with van der Waals surface area (Å²) in [6.45, 7) is 9.13. The van der Waals surface area contributed by atoms with Crippen LogP contribution in [0.5, 0.6) is 17.2 Å². The van der Waals surface area contributed by atoms with Gasteiger partial charge >= 0.3 is 11.9 Å². The van der Waals surface area contributed by atoms with Crippen molar-refractivity contribution in [3.8, 4) is 17.2 Å². The van der Waals surface area contributed by atoms with Crippen molar-refractivity contribution in [2.45, 2.75) is 33.2 Å². The maximum Gasteiger partial charge on any atom is 0.339 e. The number of phenolic OH excluding ortho intramolecular Hbond substituents is 1. The summed E-state index contributed by atoms with van der Waals surface area (Å²) in [7, 11) is 0. The molecule has 0 aliphatic carbocycles. The molecule has 0 fully saturated rings. The average Bonchev–Trinajstić information content (AvgIpc) is 3.13. The number of hydrogen-bond donors (Lipinski definition) is 6. The molecule has 264 valence electrons. The topological polar surface area (TPSA) is 163 Å². The molecule has 6 rings (SSSR count). The molecule has 0 unspecified atom stereocenters. The number of phenols is 3. The van der Waals surface area contributed by atoms with Crippen LogP contribution in [0.15, 0.2) is 85.1 Å². The fourth-order valence-corrected chi connectivity index (χ4v) is 6.53. The summed E-state index contributed by atoms with van der Waals surface area (Å²) in [5.74, 6) is -3.14. The smallest absolute Gasteiger partial charge is 0.339 e. The quantitative estimate of drug-likeness (QED) is 0.0691. The summed E-state index contributed by atoms with van der Waals surface area (Å²) in [6, 6.07) is 22.3. The van der Waals surface area contributed by atoms with E-state index in [-0.39, 0.29) is 23.3 Å². The van der Waals surface area contributed by atoms with E-state index in [0.717, 1.165) is 43.5 Å². The number of carbonyl (C=O) groups is 2. The number of pyridine rings is 1. The van der Waals surface area contributed by atoms with E-state index in [0.29, 0.717) is 49.8 Å². The number of aromatic nitrogens is 1. The number of carboxylic acid groups (broad SMARTS) is 2. The minimum absolute atomic E-state index is 0.0407. The zero-order chi connectivity index (χ0) is 36.7. The Labute approximate surface area is 300 Å². The Morgan fingerprint density at radius 1 is 0.745 bits per heavy atom. The van der Waals surface area contributed by atoms with Crippen molar-refractivity contribution in [2.24, 2.45) is 0 Å². The van der Waals surface area contributed by atoms with Gasteiger partial charge in [0.2, 0.25) is 0 Å². The third-order valence-electron chi connectivity index (χ3n) is 9.00. The Morgan fingerprint density at radius 2 is 1.27 bits per heavy atom. The molecule has 5 aromatic carbocycles. The van der Waals surface area contributed by atoms with E-state index in [2.05, 4.69) is 29.0 Å². The van der Waals surface area contributed by atoms with Crippen molar-refractivity contribution in [3.05, 3.63) is 118 Å². The monoisotopic (exact) mass is 709 g/mol. The summed E-state index contributed by atoms with van der Waals surface area (Å²) >= 11 is 6.27. The number of aromatic hydroxyl groups is 3. The van der Waals surface area contributed by atoms with Gasteiger partial charge in [-0.25, -0.2) is 9.59 Å². The molecule has 0 radical (unpaired) electrons. The summed E-state index contributed by atoms with van der Waals surface area (Å²) in [4.78, 5) is 29.8. The number of benzene rings is 5. The molecule has 0 saturated heterocycles. The Morgan fingerprint density at radius 3 is 1.80 bits per heavy atom. The van der Waals surface area contributed by atoms with E-state index in [4.69, 9.17) is 11.6 Å². The predicted molar refractivity (Wildman–Crippen MR) is 200 cm³/mol. The van der Waals surface area contributed by atoms with Gasteiger partial charge in [0.25, 0.3) is 0 Å². The minimum atomic E-state index is -1.28. The van der Waals surface area contributed by atoms with Crippen molar-refractivity contribution in [3.63, 3.8) is 0 Å². The molecular weight excluding hydrogens is 670 g/mol. The van der Waals surface area contributed by atoms with Crippen molar-refractivity contribution in [2.75, 3.05) is 26.2 Å². The van der Waals surface area contributed by atoms with Gasteiger partial charge in [-0.05, 0) is 84.5 Å². The molecule has 0 atom stereocenters. The number of nitrogens with one attached hydrogen (secondary N) is 1. The third-order valence-corrected chi connectivity index (χ3v) is 9.31. The van der Waals surface area contributed by atoms with Crippen LogP contribution in [-0.2, 0) is 13.0 Å². The van der Waals surface area contributed by atoms with E-state index in [1.807, 2.05) is 18.2 Å². The molecular formula is C40H40ClN3O7.